The second-order valence-corrected chi connectivity index (χ2v) is 5.92. The number of pyridine rings is 1. The van der Waals surface area contributed by atoms with Gasteiger partial charge in [-0.15, -0.1) is 0 Å². The van der Waals surface area contributed by atoms with Crippen molar-refractivity contribution in [1.82, 2.24) is 4.98 Å². The maximum atomic E-state index is 6.14. The van der Waals surface area contributed by atoms with Gasteiger partial charge in [-0.05, 0) is 35.7 Å². The molecule has 0 saturated carbocycles. The monoisotopic (exact) mass is 362 g/mol. The number of anilines is 1. The highest BCUT2D eigenvalue weighted by Gasteiger charge is 2.15. The van der Waals surface area contributed by atoms with E-state index in [0.717, 1.165) is 32.1 Å². The fourth-order valence-electron chi connectivity index (χ4n) is 2.36. The van der Waals surface area contributed by atoms with Gasteiger partial charge < -0.3 is 10.5 Å². The van der Waals surface area contributed by atoms with Gasteiger partial charge in [0, 0.05) is 44.1 Å². The molecular formula is C16H12BrClN2O. The molecule has 0 spiro atoms. The second-order valence-electron chi connectivity index (χ2n) is 4.63. The highest BCUT2D eigenvalue weighted by Crippen LogP contribution is 2.42. The number of nitrogen functional groups attached to an aromatic ring is 1. The SMILES string of the molecule is COc1cc2cnccc2cc1-c1c(N)cc(Cl)cc1Br. The molecule has 0 aliphatic heterocycles. The smallest absolute Gasteiger partial charge is 0.127 e. The number of hydrogen-bond donors (Lipinski definition) is 1. The van der Waals surface area contributed by atoms with Crippen molar-refractivity contribution in [2.75, 3.05) is 12.8 Å². The lowest BCUT2D eigenvalue weighted by Gasteiger charge is -2.14. The molecule has 106 valence electrons. The van der Waals surface area contributed by atoms with Crippen molar-refractivity contribution in [3.05, 3.63) is 52.2 Å². The quantitative estimate of drug-likeness (QED) is 0.658. The minimum atomic E-state index is 0.590. The molecule has 0 saturated heterocycles. The van der Waals surface area contributed by atoms with Crippen LogP contribution in [0.3, 0.4) is 0 Å². The molecule has 0 radical (unpaired) electrons. The van der Waals surface area contributed by atoms with Gasteiger partial charge in [-0.2, -0.15) is 0 Å². The van der Waals surface area contributed by atoms with E-state index in [0.29, 0.717) is 10.7 Å². The summed E-state index contributed by atoms with van der Waals surface area (Å²) in [6, 6.07) is 9.51. The van der Waals surface area contributed by atoms with Crippen LogP contribution in [0.1, 0.15) is 0 Å². The fraction of sp³-hybridized carbons (Fsp3) is 0.0625. The van der Waals surface area contributed by atoms with E-state index in [2.05, 4.69) is 20.9 Å². The van der Waals surface area contributed by atoms with Crippen LogP contribution in [0.5, 0.6) is 5.75 Å². The van der Waals surface area contributed by atoms with Crippen LogP contribution in [0, 0.1) is 0 Å². The van der Waals surface area contributed by atoms with E-state index < -0.39 is 0 Å². The van der Waals surface area contributed by atoms with Crippen LogP contribution in [0.4, 0.5) is 5.69 Å². The average Bonchev–Trinajstić information content (AvgIpc) is 2.45. The zero-order chi connectivity index (χ0) is 15.0. The highest BCUT2D eigenvalue weighted by atomic mass is 79.9. The molecule has 0 aliphatic carbocycles. The van der Waals surface area contributed by atoms with Crippen molar-refractivity contribution in [3.8, 4) is 16.9 Å². The van der Waals surface area contributed by atoms with E-state index in [4.69, 9.17) is 22.1 Å². The van der Waals surface area contributed by atoms with Crippen molar-refractivity contribution in [2.45, 2.75) is 0 Å². The molecule has 0 amide bonds. The lowest BCUT2D eigenvalue weighted by Crippen LogP contribution is -1.95. The van der Waals surface area contributed by atoms with Gasteiger partial charge in [0.2, 0.25) is 0 Å². The first-order valence-electron chi connectivity index (χ1n) is 6.27. The summed E-state index contributed by atoms with van der Waals surface area (Å²) >= 11 is 9.56. The second kappa shape index (κ2) is 5.54. The first kappa shape index (κ1) is 14.2. The predicted molar refractivity (Wildman–Crippen MR) is 90.9 cm³/mol. The first-order valence-corrected chi connectivity index (χ1v) is 7.44. The molecule has 2 N–H and O–H groups in total. The maximum Gasteiger partial charge on any atom is 0.127 e. The number of hydrogen-bond acceptors (Lipinski definition) is 3. The van der Waals surface area contributed by atoms with Gasteiger partial charge in [0.25, 0.3) is 0 Å². The molecule has 0 bridgehead atoms. The van der Waals surface area contributed by atoms with Crippen LogP contribution < -0.4 is 10.5 Å². The molecule has 3 aromatic rings. The molecule has 3 nitrogen and oxygen atoms in total. The molecule has 0 fully saturated rings. The largest absolute Gasteiger partial charge is 0.496 e. The van der Waals surface area contributed by atoms with Gasteiger partial charge in [0.05, 0.1) is 7.11 Å². The van der Waals surface area contributed by atoms with E-state index in [1.54, 1.807) is 19.4 Å². The molecule has 21 heavy (non-hydrogen) atoms. The Morgan fingerprint density at radius 1 is 1.19 bits per heavy atom. The normalized spacial score (nSPS) is 10.8. The number of fused-ring (bicyclic) bond motifs is 1. The Kier molecular flexibility index (Phi) is 3.74. The topological polar surface area (TPSA) is 48.1 Å². The number of rotatable bonds is 2. The Hall–Kier alpha value is -1.78. The molecule has 0 unspecified atom stereocenters. The number of benzene rings is 2. The van der Waals surface area contributed by atoms with E-state index in [-0.39, 0.29) is 0 Å². The first-order chi connectivity index (χ1) is 10.1. The van der Waals surface area contributed by atoms with Crippen molar-refractivity contribution in [3.63, 3.8) is 0 Å². The summed E-state index contributed by atoms with van der Waals surface area (Å²) in [7, 11) is 1.64. The summed E-state index contributed by atoms with van der Waals surface area (Å²) in [6.07, 6.45) is 3.57. The van der Waals surface area contributed by atoms with E-state index in [9.17, 15) is 0 Å². The summed E-state index contributed by atoms with van der Waals surface area (Å²) in [6.45, 7) is 0. The molecular weight excluding hydrogens is 352 g/mol. The van der Waals surface area contributed by atoms with Crippen molar-refractivity contribution >= 4 is 44.0 Å². The summed E-state index contributed by atoms with van der Waals surface area (Å²) < 4.78 is 6.34. The number of nitrogens with zero attached hydrogens (tertiary/aromatic N) is 1. The van der Waals surface area contributed by atoms with E-state index >= 15 is 0 Å². The summed E-state index contributed by atoms with van der Waals surface area (Å²) in [5, 5.41) is 2.68. The zero-order valence-corrected chi connectivity index (χ0v) is 13.6. The third kappa shape index (κ3) is 2.57. The Morgan fingerprint density at radius 3 is 2.71 bits per heavy atom. The number of halogens is 2. The van der Waals surface area contributed by atoms with Gasteiger partial charge in [-0.3, -0.25) is 4.98 Å². The number of aromatic nitrogens is 1. The summed E-state index contributed by atoms with van der Waals surface area (Å²) in [5.74, 6) is 0.741. The van der Waals surface area contributed by atoms with Crippen molar-refractivity contribution in [2.24, 2.45) is 0 Å². The van der Waals surface area contributed by atoms with Gasteiger partial charge in [-0.1, -0.05) is 27.5 Å². The van der Waals surface area contributed by atoms with Gasteiger partial charge in [-0.25, -0.2) is 0 Å². The molecule has 3 rings (SSSR count). The van der Waals surface area contributed by atoms with Crippen LogP contribution in [0.2, 0.25) is 5.02 Å². The number of ether oxygens (including phenoxy) is 1. The minimum Gasteiger partial charge on any atom is -0.496 e. The van der Waals surface area contributed by atoms with Crippen molar-refractivity contribution in [1.29, 1.82) is 0 Å². The number of nitrogens with two attached hydrogens (primary N) is 1. The van der Waals surface area contributed by atoms with Crippen LogP contribution in [-0.2, 0) is 0 Å². The Bertz CT molecular complexity index is 813. The van der Waals surface area contributed by atoms with Crippen molar-refractivity contribution < 1.29 is 4.74 Å². The van der Waals surface area contributed by atoms with Crippen LogP contribution in [0.25, 0.3) is 21.9 Å². The third-order valence-corrected chi connectivity index (χ3v) is 4.16. The van der Waals surface area contributed by atoms with Crippen LogP contribution in [0.15, 0.2) is 47.2 Å². The van der Waals surface area contributed by atoms with Crippen LogP contribution >= 0.6 is 27.5 Å². The Morgan fingerprint density at radius 2 is 2.00 bits per heavy atom. The summed E-state index contributed by atoms with van der Waals surface area (Å²) in [4.78, 5) is 4.13. The maximum absolute atomic E-state index is 6.14. The Labute approximate surface area is 135 Å². The zero-order valence-electron chi connectivity index (χ0n) is 11.2. The lowest BCUT2D eigenvalue weighted by molar-refractivity contribution is 0.417. The van der Waals surface area contributed by atoms with Crippen LogP contribution in [-0.4, -0.2) is 12.1 Å². The Balaban J connectivity index is 2.34. The molecule has 1 heterocycles. The molecule has 0 aliphatic rings. The van der Waals surface area contributed by atoms with Gasteiger partial charge in [0.15, 0.2) is 0 Å². The van der Waals surface area contributed by atoms with Gasteiger partial charge in [0.1, 0.15) is 5.75 Å². The fourth-order valence-corrected chi connectivity index (χ4v) is 3.40. The highest BCUT2D eigenvalue weighted by molar-refractivity contribution is 9.10. The summed E-state index contributed by atoms with van der Waals surface area (Å²) in [5.41, 5.74) is 8.52. The molecule has 0 atom stereocenters. The molecule has 5 heteroatoms. The standard InChI is InChI=1S/C16H12BrClN2O/c1-21-15-5-10-8-20-3-2-9(10)4-12(15)16-13(17)6-11(18)7-14(16)19/h2-8H,19H2,1H3. The predicted octanol–water partition coefficient (Wildman–Crippen LogP) is 4.91. The minimum absolute atomic E-state index is 0.590. The lowest BCUT2D eigenvalue weighted by atomic mass is 9.99. The van der Waals surface area contributed by atoms with E-state index in [1.165, 1.54) is 0 Å². The third-order valence-electron chi connectivity index (χ3n) is 3.31. The van der Waals surface area contributed by atoms with Gasteiger partial charge >= 0.3 is 0 Å². The average molecular weight is 364 g/mol. The van der Waals surface area contributed by atoms with E-state index in [1.807, 2.05) is 30.5 Å². The molecule has 1 aromatic heterocycles. The molecule has 2 aromatic carbocycles. The number of methoxy groups -OCH3 is 1.